The normalized spacial score (nSPS) is 19.0. The number of ether oxygens (including phenoxy) is 3. The van der Waals surface area contributed by atoms with Gasteiger partial charge in [-0.15, -0.1) is 0 Å². The summed E-state index contributed by atoms with van der Waals surface area (Å²) in [5.74, 6) is -0.197. The fourth-order valence-electron chi connectivity index (χ4n) is 9.76. The first-order valence-corrected chi connectivity index (χ1v) is 31.3. The molecule has 11 heteroatoms. The van der Waals surface area contributed by atoms with Crippen LogP contribution in [0.25, 0.3) is 0 Å². The second kappa shape index (κ2) is 52.9. The predicted octanol–water partition coefficient (Wildman–Crippen LogP) is 14.7. The zero-order chi connectivity index (χ0) is 53.8. The van der Waals surface area contributed by atoms with Crippen molar-refractivity contribution in [2.75, 3.05) is 19.8 Å². The zero-order valence-electron chi connectivity index (χ0n) is 47.8. The van der Waals surface area contributed by atoms with Gasteiger partial charge in [0.05, 0.1) is 32.0 Å². The molecule has 0 saturated carbocycles. The third-order valence-electron chi connectivity index (χ3n) is 14.7. The molecule has 0 bridgehead atoms. The highest BCUT2D eigenvalue weighted by Crippen LogP contribution is 2.23. The predicted molar refractivity (Wildman–Crippen MR) is 306 cm³/mol. The Morgan fingerprint density at radius 3 is 1.34 bits per heavy atom. The maximum Gasteiger partial charge on any atom is 0.305 e. The molecule has 0 aliphatic carbocycles. The van der Waals surface area contributed by atoms with Gasteiger partial charge in [0, 0.05) is 12.8 Å². The maximum atomic E-state index is 13.0. The number of carbonyl (C=O) groups excluding carboxylic acids is 2. The summed E-state index contributed by atoms with van der Waals surface area (Å²) < 4.78 is 16.7. The number of aliphatic hydroxyl groups excluding tert-OH is 5. The molecule has 0 aromatic rings. The number of carbonyl (C=O) groups is 2. The van der Waals surface area contributed by atoms with Gasteiger partial charge in [0.25, 0.3) is 0 Å². The number of nitrogens with one attached hydrogen (secondary N) is 1. The molecule has 11 nitrogen and oxygen atoms in total. The highest BCUT2D eigenvalue weighted by molar-refractivity contribution is 5.76. The first-order valence-electron chi connectivity index (χ1n) is 31.3. The van der Waals surface area contributed by atoms with E-state index in [9.17, 15) is 35.1 Å². The molecule has 74 heavy (non-hydrogen) atoms. The van der Waals surface area contributed by atoms with E-state index in [1.807, 2.05) is 6.08 Å². The average Bonchev–Trinajstić information content (AvgIpc) is 3.40. The van der Waals surface area contributed by atoms with Gasteiger partial charge in [-0.05, 0) is 57.8 Å². The summed E-state index contributed by atoms with van der Waals surface area (Å²) in [5.41, 5.74) is 0. The Labute approximate surface area is 453 Å². The first kappa shape index (κ1) is 69.9. The second-order valence-corrected chi connectivity index (χ2v) is 21.8. The summed E-state index contributed by atoms with van der Waals surface area (Å²) in [6.07, 6.45) is 55.3. The molecule has 1 saturated heterocycles. The van der Waals surface area contributed by atoms with Crippen LogP contribution in [0.5, 0.6) is 0 Å². The van der Waals surface area contributed by atoms with E-state index >= 15 is 0 Å². The largest absolute Gasteiger partial charge is 0.466 e. The van der Waals surface area contributed by atoms with Gasteiger partial charge < -0.3 is 45.1 Å². The number of allylic oxidation sites excluding steroid dienone is 5. The number of amides is 1. The minimum Gasteiger partial charge on any atom is -0.466 e. The Morgan fingerprint density at radius 1 is 0.486 bits per heavy atom. The van der Waals surface area contributed by atoms with Crippen LogP contribution in [-0.4, -0.2) is 100 Å². The van der Waals surface area contributed by atoms with Gasteiger partial charge >= 0.3 is 5.97 Å². The molecule has 1 heterocycles. The summed E-state index contributed by atoms with van der Waals surface area (Å²) >= 11 is 0. The zero-order valence-corrected chi connectivity index (χ0v) is 47.8. The molecular weight excluding hydrogens is 931 g/mol. The van der Waals surface area contributed by atoms with E-state index < -0.39 is 49.5 Å². The molecule has 1 aliphatic rings. The maximum absolute atomic E-state index is 13.0. The van der Waals surface area contributed by atoms with Gasteiger partial charge in [0.1, 0.15) is 24.4 Å². The van der Waals surface area contributed by atoms with Crippen molar-refractivity contribution in [1.29, 1.82) is 0 Å². The quantitative estimate of drug-likeness (QED) is 0.0195. The summed E-state index contributed by atoms with van der Waals surface area (Å²) in [4.78, 5) is 25.1. The lowest BCUT2D eigenvalue weighted by Gasteiger charge is -2.40. The SMILES string of the molecule is CCCCC/C=C/CC/C=C/CC/C=C/C(O)C(COC1OC(CO)C(O)C(O)C1O)NC(=O)CCCCCCCCCCCCCCCCCCCCCCCCOC(=O)CCCCCCCCCCCCC. The fourth-order valence-corrected chi connectivity index (χ4v) is 9.76. The number of unbranched alkanes of at least 4 members (excludes halogenated alkanes) is 36. The van der Waals surface area contributed by atoms with Crippen LogP contribution >= 0.6 is 0 Å². The number of rotatable bonds is 54. The van der Waals surface area contributed by atoms with Crippen LogP contribution in [0, 0.1) is 0 Å². The van der Waals surface area contributed by atoms with Crippen LogP contribution in [-0.2, 0) is 23.8 Å². The van der Waals surface area contributed by atoms with E-state index in [1.54, 1.807) is 6.08 Å². The van der Waals surface area contributed by atoms with Crippen LogP contribution in [0.15, 0.2) is 36.5 Å². The van der Waals surface area contributed by atoms with Gasteiger partial charge in [0.2, 0.25) is 5.91 Å². The fraction of sp³-hybridized carbons (Fsp3) is 0.873. The topological polar surface area (TPSA) is 175 Å². The molecule has 6 N–H and O–H groups in total. The molecule has 7 atom stereocenters. The number of hydrogen-bond acceptors (Lipinski definition) is 10. The molecule has 1 aliphatic heterocycles. The van der Waals surface area contributed by atoms with E-state index in [1.165, 1.54) is 193 Å². The molecule has 434 valence electrons. The number of aliphatic hydroxyl groups is 5. The van der Waals surface area contributed by atoms with Crippen LogP contribution < -0.4 is 5.32 Å². The van der Waals surface area contributed by atoms with Crippen LogP contribution in [0.4, 0.5) is 0 Å². The highest BCUT2D eigenvalue weighted by atomic mass is 16.7. The smallest absolute Gasteiger partial charge is 0.305 e. The minimum atomic E-state index is -1.58. The van der Waals surface area contributed by atoms with Gasteiger partial charge in [-0.3, -0.25) is 9.59 Å². The lowest BCUT2D eigenvalue weighted by Crippen LogP contribution is -2.60. The van der Waals surface area contributed by atoms with Crippen molar-refractivity contribution in [1.82, 2.24) is 5.32 Å². The van der Waals surface area contributed by atoms with Crippen molar-refractivity contribution in [3.63, 3.8) is 0 Å². The molecule has 0 radical (unpaired) electrons. The third-order valence-corrected chi connectivity index (χ3v) is 14.7. The molecule has 0 spiro atoms. The standard InChI is InChI=1S/C63H117NO10/c1-3-5-7-9-11-13-15-26-30-33-37-41-45-49-56(66)55(54-73-63-62(71)61(70)60(69)57(53-65)74-63)64-58(67)50-46-42-38-34-31-27-24-22-20-18-16-17-19-21-23-25-28-32-36-40-44-48-52-72-59(68)51-47-43-39-35-29-14-12-10-8-6-4-2/h11,13,30,33,45,49,55-57,60-63,65-66,69-71H,3-10,12,14-29,31-32,34-44,46-48,50-54H2,1-2H3,(H,64,67)/b13-11+,33-30+,49-45+. The van der Waals surface area contributed by atoms with Gasteiger partial charge in [0.15, 0.2) is 6.29 Å². The van der Waals surface area contributed by atoms with Crippen molar-refractivity contribution >= 4 is 11.9 Å². The van der Waals surface area contributed by atoms with Crippen molar-refractivity contribution in [3.05, 3.63) is 36.5 Å². The van der Waals surface area contributed by atoms with Crippen molar-refractivity contribution in [3.8, 4) is 0 Å². The lowest BCUT2D eigenvalue weighted by atomic mass is 9.99. The summed E-state index contributed by atoms with van der Waals surface area (Å²) in [6.45, 7) is 4.30. The van der Waals surface area contributed by atoms with Crippen LogP contribution in [0.2, 0.25) is 0 Å². The second-order valence-electron chi connectivity index (χ2n) is 21.8. The summed E-state index contributed by atoms with van der Waals surface area (Å²) in [6, 6.07) is -0.834. The number of esters is 1. The Balaban J connectivity index is 2.06. The molecule has 1 rings (SSSR count). The first-order chi connectivity index (χ1) is 36.2. The third kappa shape index (κ3) is 42.0. The molecule has 0 aromatic heterocycles. The molecular formula is C63H117NO10. The monoisotopic (exact) mass is 1050 g/mol. The van der Waals surface area contributed by atoms with E-state index in [4.69, 9.17) is 14.2 Å². The Morgan fingerprint density at radius 2 is 0.878 bits per heavy atom. The van der Waals surface area contributed by atoms with Gasteiger partial charge in [-0.25, -0.2) is 0 Å². The highest BCUT2D eigenvalue weighted by Gasteiger charge is 2.44. The minimum absolute atomic E-state index is 0.000278. The van der Waals surface area contributed by atoms with Crippen molar-refractivity contribution in [2.45, 2.75) is 333 Å². The van der Waals surface area contributed by atoms with Gasteiger partial charge in [-0.2, -0.15) is 0 Å². The summed E-state index contributed by atoms with van der Waals surface area (Å²) in [7, 11) is 0. The molecule has 1 amide bonds. The van der Waals surface area contributed by atoms with Crippen LogP contribution in [0.3, 0.4) is 0 Å². The van der Waals surface area contributed by atoms with Crippen molar-refractivity contribution in [2.24, 2.45) is 0 Å². The number of hydrogen-bond donors (Lipinski definition) is 6. The molecule has 1 fully saturated rings. The van der Waals surface area contributed by atoms with Crippen molar-refractivity contribution < 1.29 is 49.3 Å². The summed E-state index contributed by atoms with van der Waals surface area (Å²) in [5, 5.41) is 54.4. The average molecular weight is 1050 g/mol. The lowest BCUT2D eigenvalue weighted by molar-refractivity contribution is -0.302. The Hall–Kier alpha value is -2.12. The Kier molecular flexibility index (Phi) is 50.0. The van der Waals surface area contributed by atoms with Crippen LogP contribution in [0.1, 0.15) is 290 Å². The van der Waals surface area contributed by atoms with E-state index in [-0.39, 0.29) is 18.5 Å². The van der Waals surface area contributed by atoms with E-state index in [0.29, 0.717) is 19.4 Å². The Bertz CT molecular complexity index is 1320. The molecule has 7 unspecified atom stereocenters. The molecule has 0 aromatic carbocycles. The van der Waals surface area contributed by atoms with Gasteiger partial charge in [-0.1, -0.05) is 256 Å². The van der Waals surface area contributed by atoms with E-state index in [0.717, 1.165) is 70.6 Å². The van der Waals surface area contributed by atoms with E-state index in [2.05, 4.69) is 43.5 Å².